The Morgan fingerprint density at radius 3 is 2.22 bits per heavy atom. The summed E-state index contributed by atoms with van der Waals surface area (Å²) in [6.07, 6.45) is 1.87. The van der Waals surface area contributed by atoms with Crippen LogP contribution in [0.3, 0.4) is 0 Å². The van der Waals surface area contributed by atoms with Gasteiger partial charge in [-0.15, -0.1) is 0 Å². The minimum absolute atomic E-state index is 0.0271. The summed E-state index contributed by atoms with van der Waals surface area (Å²) in [6, 6.07) is 24.6. The summed E-state index contributed by atoms with van der Waals surface area (Å²) in [4.78, 5) is 32.1. The molecule has 0 unspecified atom stereocenters. The number of hydrogen-bond acceptors (Lipinski definition) is 4. The van der Waals surface area contributed by atoms with Gasteiger partial charge >= 0.3 is 0 Å². The molecule has 0 aliphatic carbocycles. The van der Waals surface area contributed by atoms with Crippen molar-refractivity contribution in [2.24, 2.45) is 5.92 Å². The first-order valence-electron chi connectivity index (χ1n) is 13.1. The Kier molecular flexibility index (Phi) is 7.82. The van der Waals surface area contributed by atoms with Gasteiger partial charge in [-0.1, -0.05) is 60.7 Å². The molecule has 36 heavy (non-hydrogen) atoms. The average Bonchev–Trinajstić information content (AvgIpc) is 2.94. The van der Waals surface area contributed by atoms with Crippen LogP contribution in [0.1, 0.15) is 24.8 Å². The highest BCUT2D eigenvalue weighted by molar-refractivity contribution is 5.85. The lowest BCUT2D eigenvalue weighted by Crippen LogP contribution is -2.51. The number of fused-ring (bicyclic) bond motifs is 1. The Morgan fingerprint density at radius 2 is 1.44 bits per heavy atom. The molecule has 0 N–H and O–H groups in total. The number of carbonyl (C=O) groups is 2. The quantitative estimate of drug-likeness (QED) is 0.504. The highest BCUT2D eigenvalue weighted by Gasteiger charge is 2.31. The summed E-state index contributed by atoms with van der Waals surface area (Å²) in [5.41, 5.74) is 1.35. The normalized spacial score (nSPS) is 17.3. The summed E-state index contributed by atoms with van der Waals surface area (Å²) in [5.74, 6) is 1.18. The fraction of sp³-hybridized carbons (Fsp3) is 0.400. The molecule has 5 rings (SSSR count). The van der Waals surface area contributed by atoms with Crippen LogP contribution in [0.25, 0.3) is 10.8 Å². The molecule has 2 heterocycles. The second-order valence-electron chi connectivity index (χ2n) is 9.81. The molecule has 188 valence electrons. The molecule has 2 aliphatic rings. The fourth-order valence-electron chi connectivity index (χ4n) is 5.36. The number of amides is 2. The van der Waals surface area contributed by atoms with Gasteiger partial charge in [0.2, 0.25) is 11.8 Å². The number of piperidine rings is 1. The predicted octanol–water partition coefficient (Wildman–Crippen LogP) is 4.19. The molecular formula is C30H35N3O3. The van der Waals surface area contributed by atoms with Gasteiger partial charge in [-0.25, -0.2) is 0 Å². The van der Waals surface area contributed by atoms with E-state index in [2.05, 4.69) is 47.4 Å². The predicted molar refractivity (Wildman–Crippen MR) is 142 cm³/mol. The summed E-state index contributed by atoms with van der Waals surface area (Å²) >= 11 is 0. The lowest BCUT2D eigenvalue weighted by Gasteiger charge is -2.38. The van der Waals surface area contributed by atoms with E-state index >= 15 is 0 Å². The monoisotopic (exact) mass is 485 g/mol. The van der Waals surface area contributed by atoms with E-state index < -0.39 is 0 Å². The number of nitrogens with zero attached hydrogens (tertiary/aromatic N) is 3. The van der Waals surface area contributed by atoms with Crippen LogP contribution in [0.2, 0.25) is 0 Å². The number of hydrogen-bond donors (Lipinski definition) is 0. The number of likely N-dealkylation sites (tertiary alicyclic amines) is 1. The van der Waals surface area contributed by atoms with Crippen molar-refractivity contribution in [1.29, 1.82) is 0 Å². The number of carbonyl (C=O) groups excluding carboxylic acids is 2. The summed E-state index contributed by atoms with van der Waals surface area (Å²) in [6.45, 7) is 5.95. The number of para-hydroxylation sites is 1. The van der Waals surface area contributed by atoms with Crippen LogP contribution >= 0.6 is 0 Å². The van der Waals surface area contributed by atoms with Gasteiger partial charge in [0, 0.05) is 51.7 Å². The van der Waals surface area contributed by atoms with E-state index in [1.165, 1.54) is 16.3 Å². The van der Waals surface area contributed by atoms with Crippen LogP contribution in [-0.4, -0.2) is 72.4 Å². The third kappa shape index (κ3) is 5.88. The largest absolute Gasteiger partial charge is 0.493 e. The topological polar surface area (TPSA) is 53.1 Å². The first kappa shape index (κ1) is 24.3. The van der Waals surface area contributed by atoms with Gasteiger partial charge in [-0.05, 0) is 41.3 Å². The Hall–Kier alpha value is -3.38. The van der Waals surface area contributed by atoms with Crippen molar-refractivity contribution >= 4 is 22.6 Å². The van der Waals surface area contributed by atoms with Crippen molar-refractivity contribution in [2.45, 2.75) is 25.8 Å². The van der Waals surface area contributed by atoms with Gasteiger partial charge in [-0.2, -0.15) is 0 Å². The Balaban J connectivity index is 1.04. The molecule has 2 fully saturated rings. The fourth-order valence-corrected chi connectivity index (χ4v) is 5.36. The zero-order chi connectivity index (χ0) is 24.7. The Bertz CT molecular complexity index is 1160. The molecule has 6 heteroatoms. The Labute approximate surface area is 213 Å². The van der Waals surface area contributed by atoms with Crippen LogP contribution < -0.4 is 4.74 Å². The average molecular weight is 486 g/mol. The maximum atomic E-state index is 13.2. The van der Waals surface area contributed by atoms with Crippen LogP contribution in [0.4, 0.5) is 0 Å². The van der Waals surface area contributed by atoms with Crippen LogP contribution in [0, 0.1) is 5.92 Å². The molecule has 6 nitrogen and oxygen atoms in total. The molecule has 0 spiro atoms. The first-order chi connectivity index (χ1) is 17.7. The van der Waals surface area contributed by atoms with E-state index in [9.17, 15) is 9.59 Å². The van der Waals surface area contributed by atoms with Crippen LogP contribution in [-0.2, 0) is 16.1 Å². The third-order valence-electron chi connectivity index (χ3n) is 7.48. The summed E-state index contributed by atoms with van der Waals surface area (Å²) in [5, 5.41) is 2.59. The van der Waals surface area contributed by atoms with Crippen LogP contribution in [0.5, 0.6) is 5.75 Å². The maximum Gasteiger partial charge on any atom is 0.225 e. The minimum Gasteiger partial charge on any atom is -0.493 e. The van der Waals surface area contributed by atoms with E-state index in [4.69, 9.17) is 4.74 Å². The molecule has 2 amide bonds. The van der Waals surface area contributed by atoms with Gasteiger partial charge in [-0.3, -0.25) is 14.5 Å². The third-order valence-corrected chi connectivity index (χ3v) is 7.48. The van der Waals surface area contributed by atoms with Crippen molar-refractivity contribution in [2.75, 3.05) is 45.9 Å². The van der Waals surface area contributed by atoms with Crippen molar-refractivity contribution in [1.82, 2.24) is 14.7 Å². The molecule has 0 bridgehead atoms. The Morgan fingerprint density at radius 1 is 0.750 bits per heavy atom. The van der Waals surface area contributed by atoms with Gasteiger partial charge in [0.1, 0.15) is 5.75 Å². The zero-order valence-corrected chi connectivity index (χ0v) is 20.9. The highest BCUT2D eigenvalue weighted by Crippen LogP contribution is 2.23. The van der Waals surface area contributed by atoms with Crippen molar-refractivity contribution < 1.29 is 14.3 Å². The summed E-state index contributed by atoms with van der Waals surface area (Å²) < 4.78 is 5.66. The lowest BCUT2D eigenvalue weighted by atomic mass is 9.94. The van der Waals surface area contributed by atoms with Crippen molar-refractivity contribution in [3.63, 3.8) is 0 Å². The number of rotatable bonds is 7. The van der Waals surface area contributed by atoms with E-state index in [-0.39, 0.29) is 17.7 Å². The summed E-state index contributed by atoms with van der Waals surface area (Å²) in [7, 11) is 0. The SMILES string of the molecule is O=C(CCOc1ccccc1)N1CCC(C(=O)N2CCN(Cc3cccc4ccccc34)CC2)CC1. The molecule has 2 aliphatic heterocycles. The van der Waals surface area contributed by atoms with Gasteiger partial charge < -0.3 is 14.5 Å². The number of ether oxygens (including phenoxy) is 1. The number of benzene rings is 3. The molecule has 3 aromatic rings. The van der Waals surface area contributed by atoms with E-state index in [1.807, 2.05) is 40.1 Å². The maximum absolute atomic E-state index is 13.2. The van der Waals surface area contributed by atoms with Crippen LogP contribution in [0.15, 0.2) is 72.8 Å². The lowest BCUT2D eigenvalue weighted by molar-refractivity contribution is -0.142. The minimum atomic E-state index is 0.0271. The van der Waals surface area contributed by atoms with E-state index in [0.29, 0.717) is 26.1 Å². The molecular weight excluding hydrogens is 450 g/mol. The van der Waals surface area contributed by atoms with Gasteiger partial charge in [0.15, 0.2) is 0 Å². The molecule has 0 atom stereocenters. The second kappa shape index (κ2) is 11.6. The molecule has 3 aromatic carbocycles. The van der Waals surface area contributed by atoms with E-state index in [1.54, 1.807) is 0 Å². The van der Waals surface area contributed by atoms with Gasteiger partial charge in [0.25, 0.3) is 0 Å². The smallest absolute Gasteiger partial charge is 0.225 e. The standard InChI is InChI=1S/C30H35N3O3/c34-29(15-22-36-27-10-2-1-3-11-27)32-16-13-25(14-17-32)30(35)33-20-18-31(19-21-33)23-26-9-6-8-24-7-4-5-12-28(24)26/h1-12,25H,13-23H2. The molecule has 0 aromatic heterocycles. The molecule has 0 saturated carbocycles. The first-order valence-corrected chi connectivity index (χ1v) is 13.1. The molecule has 0 radical (unpaired) electrons. The zero-order valence-electron chi connectivity index (χ0n) is 20.9. The second-order valence-corrected chi connectivity index (χ2v) is 9.81. The van der Waals surface area contributed by atoms with Crippen molar-refractivity contribution in [3.05, 3.63) is 78.4 Å². The number of piperazine rings is 1. The highest BCUT2D eigenvalue weighted by atomic mass is 16.5. The van der Waals surface area contributed by atoms with Crippen molar-refractivity contribution in [3.8, 4) is 5.75 Å². The van der Waals surface area contributed by atoms with E-state index in [0.717, 1.165) is 51.3 Å². The van der Waals surface area contributed by atoms with Gasteiger partial charge in [0.05, 0.1) is 13.0 Å². The molecule has 2 saturated heterocycles.